The fourth-order valence-electron chi connectivity index (χ4n) is 1.60. The molecule has 0 atom stereocenters. The summed E-state index contributed by atoms with van der Waals surface area (Å²) in [7, 11) is 0. The molecule has 3 heterocycles. The van der Waals surface area contributed by atoms with E-state index in [0.717, 1.165) is 0 Å². The Hall–Kier alpha value is -2.96. The molecule has 94 valence electrons. The lowest BCUT2D eigenvalue weighted by Gasteiger charge is -2.06. The van der Waals surface area contributed by atoms with Crippen molar-refractivity contribution in [2.75, 3.05) is 0 Å². The highest BCUT2D eigenvalue weighted by Gasteiger charge is 2.12. The van der Waals surface area contributed by atoms with Crippen LogP contribution in [0.3, 0.4) is 0 Å². The van der Waals surface area contributed by atoms with Crippen LogP contribution in [0.1, 0.15) is 10.4 Å². The lowest BCUT2D eigenvalue weighted by Crippen LogP contribution is -2.01. The molecule has 0 radical (unpaired) electrons. The first-order valence-electron chi connectivity index (χ1n) is 5.39. The molecule has 0 aliphatic carbocycles. The molecule has 3 rings (SSSR count). The van der Waals surface area contributed by atoms with Gasteiger partial charge in [0, 0.05) is 24.5 Å². The third-order valence-electron chi connectivity index (χ3n) is 2.46. The number of nitrogens with zero attached hydrogens (tertiary/aromatic N) is 4. The lowest BCUT2D eigenvalue weighted by molar-refractivity contribution is 0.0694. The largest absolute Gasteiger partial charge is 0.478 e. The number of carboxylic acid groups (broad SMARTS) is 1. The van der Waals surface area contributed by atoms with Gasteiger partial charge < -0.3 is 9.84 Å². The third kappa shape index (κ3) is 2.08. The van der Waals surface area contributed by atoms with E-state index in [2.05, 4.69) is 15.1 Å². The molecule has 0 bridgehead atoms. The van der Waals surface area contributed by atoms with Gasteiger partial charge in [0.1, 0.15) is 5.56 Å². The van der Waals surface area contributed by atoms with Gasteiger partial charge in [-0.25, -0.2) is 9.31 Å². The van der Waals surface area contributed by atoms with Gasteiger partial charge in [-0.1, -0.05) is 0 Å². The number of aromatic carboxylic acids is 1. The summed E-state index contributed by atoms with van der Waals surface area (Å²) >= 11 is 0. The van der Waals surface area contributed by atoms with E-state index >= 15 is 0 Å². The summed E-state index contributed by atoms with van der Waals surface area (Å²) in [6.07, 6.45) is 6.02. The molecule has 3 aromatic heterocycles. The minimum Gasteiger partial charge on any atom is -0.478 e. The second-order valence-electron chi connectivity index (χ2n) is 3.68. The molecule has 3 aromatic rings. The predicted molar refractivity (Wildman–Crippen MR) is 64.3 cm³/mol. The Bertz CT molecular complexity index is 753. The van der Waals surface area contributed by atoms with E-state index in [1.165, 1.54) is 18.5 Å². The minimum atomic E-state index is -1.08. The summed E-state index contributed by atoms with van der Waals surface area (Å²) in [6, 6.07) is 4.68. The van der Waals surface area contributed by atoms with E-state index in [1.54, 1.807) is 29.0 Å². The summed E-state index contributed by atoms with van der Waals surface area (Å²) in [5.41, 5.74) is 0.642. The molecule has 0 aliphatic rings. The number of hydrogen-bond donors (Lipinski definition) is 1. The summed E-state index contributed by atoms with van der Waals surface area (Å²) in [5.74, 6) is -0.655. The standard InChI is InChI=1S/C12H8N4O3/c17-12(18)8-1-4-13-7-9(8)19-11-3-6-16-10(15-11)2-5-14-16/h1-7H,(H,17,18). The zero-order valence-electron chi connectivity index (χ0n) is 9.59. The first kappa shape index (κ1) is 11.1. The maximum atomic E-state index is 11.0. The Kier molecular flexibility index (Phi) is 2.57. The van der Waals surface area contributed by atoms with Crippen molar-refractivity contribution in [2.24, 2.45) is 0 Å². The summed E-state index contributed by atoms with van der Waals surface area (Å²) in [4.78, 5) is 19.1. The fourth-order valence-corrected chi connectivity index (χ4v) is 1.60. The average molecular weight is 256 g/mol. The number of pyridine rings is 1. The molecule has 0 aliphatic heterocycles. The van der Waals surface area contributed by atoms with Crippen molar-refractivity contribution in [3.63, 3.8) is 0 Å². The van der Waals surface area contributed by atoms with Crippen LogP contribution in [0.5, 0.6) is 11.6 Å². The van der Waals surface area contributed by atoms with Crippen molar-refractivity contribution in [3.8, 4) is 11.6 Å². The second kappa shape index (κ2) is 4.37. The molecule has 0 amide bonds. The van der Waals surface area contributed by atoms with Crippen molar-refractivity contribution in [2.45, 2.75) is 0 Å². The van der Waals surface area contributed by atoms with Gasteiger partial charge in [0.25, 0.3) is 0 Å². The van der Waals surface area contributed by atoms with Gasteiger partial charge >= 0.3 is 5.97 Å². The van der Waals surface area contributed by atoms with Crippen molar-refractivity contribution in [3.05, 3.63) is 48.5 Å². The van der Waals surface area contributed by atoms with Gasteiger partial charge in [0.05, 0.1) is 12.4 Å². The number of ether oxygens (including phenoxy) is 1. The van der Waals surface area contributed by atoms with Gasteiger partial charge in [0.2, 0.25) is 5.88 Å². The van der Waals surface area contributed by atoms with Crippen LogP contribution < -0.4 is 4.74 Å². The molecule has 0 aromatic carbocycles. The van der Waals surface area contributed by atoms with Crippen molar-refractivity contribution >= 4 is 11.6 Å². The van der Waals surface area contributed by atoms with Crippen LogP contribution in [0, 0.1) is 0 Å². The van der Waals surface area contributed by atoms with Crippen molar-refractivity contribution in [1.82, 2.24) is 19.6 Å². The lowest BCUT2D eigenvalue weighted by atomic mass is 10.2. The summed E-state index contributed by atoms with van der Waals surface area (Å²) in [5, 5.41) is 13.0. The summed E-state index contributed by atoms with van der Waals surface area (Å²) < 4.78 is 7.03. The van der Waals surface area contributed by atoms with Crippen LogP contribution >= 0.6 is 0 Å². The SMILES string of the molecule is O=C(O)c1ccncc1Oc1ccn2nccc2n1. The molecule has 1 N–H and O–H groups in total. The molecule has 0 unspecified atom stereocenters. The Balaban J connectivity index is 1.98. The van der Waals surface area contributed by atoms with E-state index in [9.17, 15) is 4.79 Å². The molecule has 0 saturated heterocycles. The second-order valence-corrected chi connectivity index (χ2v) is 3.68. The van der Waals surface area contributed by atoms with E-state index in [1.807, 2.05) is 0 Å². The van der Waals surface area contributed by atoms with Gasteiger partial charge in [-0.15, -0.1) is 0 Å². The number of fused-ring (bicyclic) bond motifs is 1. The Morgan fingerprint density at radius 2 is 2.16 bits per heavy atom. The van der Waals surface area contributed by atoms with Gasteiger partial charge in [-0.05, 0) is 6.07 Å². The van der Waals surface area contributed by atoms with Crippen LogP contribution in [-0.2, 0) is 0 Å². The molecule has 0 fully saturated rings. The number of hydrogen-bond acceptors (Lipinski definition) is 5. The zero-order valence-corrected chi connectivity index (χ0v) is 9.59. The predicted octanol–water partition coefficient (Wildman–Crippen LogP) is 1.61. The van der Waals surface area contributed by atoms with Crippen LogP contribution in [0.4, 0.5) is 0 Å². The highest BCUT2D eigenvalue weighted by atomic mass is 16.5. The Morgan fingerprint density at radius 1 is 1.26 bits per heavy atom. The molecule has 0 spiro atoms. The third-order valence-corrected chi connectivity index (χ3v) is 2.46. The highest BCUT2D eigenvalue weighted by molar-refractivity contribution is 5.90. The zero-order chi connectivity index (χ0) is 13.2. The molecular weight excluding hydrogens is 248 g/mol. The van der Waals surface area contributed by atoms with E-state index in [4.69, 9.17) is 9.84 Å². The Morgan fingerprint density at radius 3 is 3.00 bits per heavy atom. The maximum Gasteiger partial charge on any atom is 0.339 e. The quantitative estimate of drug-likeness (QED) is 0.765. The number of carboxylic acids is 1. The van der Waals surface area contributed by atoms with E-state index < -0.39 is 5.97 Å². The van der Waals surface area contributed by atoms with Crippen LogP contribution in [-0.4, -0.2) is 30.7 Å². The van der Waals surface area contributed by atoms with Gasteiger partial charge in [0.15, 0.2) is 11.4 Å². The van der Waals surface area contributed by atoms with Crippen LogP contribution in [0.25, 0.3) is 5.65 Å². The smallest absolute Gasteiger partial charge is 0.339 e. The monoisotopic (exact) mass is 256 g/mol. The number of carbonyl (C=O) groups is 1. The van der Waals surface area contributed by atoms with E-state index in [0.29, 0.717) is 5.65 Å². The van der Waals surface area contributed by atoms with Crippen LogP contribution in [0.15, 0.2) is 43.0 Å². The van der Waals surface area contributed by atoms with E-state index in [-0.39, 0.29) is 17.2 Å². The van der Waals surface area contributed by atoms with Gasteiger partial charge in [-0.3, -0.25) is 4.98 Å². The van der Waals surface area contributed by atoms with Crippen molar-refractivity contribution < 1.29 is 14.6 Å². The number of rotatable bonds is 3. The molecule has 0 saturated carbocycles. The van der Waals surface area contributed by atoms with Crippen molar-refractivity contribution in [1.29, 1.82) is 0 Å². The summed E-state index contributed by atoms with van der Waals surface area (Å²) in [6.45, 7) is 0. The number of aromatic nitrogens is 4. The first-order chi connectivity index (χ1) is 9.24. The molecule has 7 nitrogen and oxygen atoms in total. The average Bonchev–Trinajstić information content (AvgIpc) is 2.86. The first-order valence-corrected chi connectivity index (χ1v) is 5.39. The molecule has 7 heteroatoms. The highest BCUT2D eigenvalue weighted by Crippen LogP contribution is 2.23. The normalized spacial score (nSPS) is 10.5. The molecular formula is C12H8N4O3. The van der Waals surface area contributed by atoms with Crippen LogP contribution in [0.2, 0.25) is 0 Å². The van der Waals surface area contributed by atoms with Gasteiger partial charge in [-0.2, -0.15) is 10.1 Å². The molecule has 19 heavy (non-hydrogen) atoms. The Labute approximate surface area is 107 Å². The topological polar surface area (TPSA) is 89.6 Å². The maximum absolute atomic E-state index is 11.0. The fraction of sp³-hybridized carbons (Fsp3) is 0. The minimum absolute atomic E-state index is 0.0326.